The molecule has 4 aromatic carbocycles. The van der Waals surface area contributed by atoms with Crippen LogP contribution in [-0.4, -0.2) is 23.1 Å². The van der Waals surface area contributed by atoms with Crippen LogP contribution in [0.15, 0.2) is 127 Å². The summed E-state index contributed by atoms with van der Waals surface area (Å²) >= 11 is 0. The Kier molecular flexibility index (Phi) is 6.47. The maximum atomic E-state index is 13.5. The van der Waals surface area contributed by atoms with E-state index in [4.69, 9.17) is 14.0 Å². The van der Waals surface area contributed by atoms with Gasteiger partial charge in [-0.2, -0.15) is 0 Å². The lowest BCUT2D eigenvalue weighted by atomic mass is 10.0. The summed E-state index contributed by atoms with van der Waals surface area (Å²) < 4.78 is 18.3. The van der Waals surface area contributed by atoms with Gasteiger partial charge in [-0.15, -0.1) is 0 Å². The second-order valence-electron chi connectivity index (χ2n) is 9.82. The van der Waals surface area contributed by atoms with Crippen LogP contribution in [0.4, 0.5) is 0 Å². The molecule has 0 spiro atoms. The summed E-state index contributed by atoms with van der Waals surface area (Å²) in [5.74, 6) is 0.765. The summed E-state index contributed by atoms with van der Waals surface area (Å²) in [6.45, 7) is 0.323. The molecule has 1 aliphatic heterocycles. The van der Waals surface area contributed by atoms with E-state index in [1.165, 1.54) is 6.08 Å². The minimum Gasteiger partial charge on any atom is -0.501 e. The van der Waals surface area contributed by atoms with Crippen molar-refractivity contribution in [1.29, 1.82) is 0 Å². The van der Waals surface area contributed by atoms with Crippen LogP contribution < -0.4 is 4.65 Å². The Morgan fingerprint density at radius 3 is 1.98 bits per heavy atom. The van der Waals surface area contributed by atoms with Crippen molar-refractivity contribution < 1.29 is 18.8 Å². The molecular formula is C34H25BN2O4. The lowest BCUT2D eigenvalue weighted by Crippen LogP contribution is -2.33. The summed E-state index contributed by atoms with van der Waals surface area (Å²) in [6, 6.07) is 39.5. The van der Waals surface area contributed by atoms with Gasteiger partial charge >= 0.3 is 7.32 Å². The Morgan fingerprint density at radius 1 is 0.707 bits per heavy atom. The first-order chi connectivity index (χ1) is 20.2. The number of aromatic amines is 2. The van der Waals surface area contributed by atoms with Crippen LogP contribution in [0, 0.1) is 0 Å². The average molecular weight is 536 g/mol. The standard InChI is InChI=1S/C34H25BN2O4/c38-32(30-17-15-28(36-30)23-9-3-1-4-10-23)21-34(31-18-16-29(37-31)24-11-5-2-6-12-24)41-35-39-22-27-19-25-13-7-8-14-26(25)20-33(27)40-35/h1-21,36-37H,22H2/b34-21-. The third kappa shape index (κ3) is 5.18. The van der Waals surface area contributed by atoms with E-state index in [-0.39, 0.29) is 5.78 Å². The maximum absolute atomic E-state index is 13.5. The molecule has 3 heterocycles. The van der Waals surface area contributed by atoms with Gasteiger partial charge in [0.2, 0.25) is 5.78 Å². The minimum atomic E-state index is -1.03. The fraction of sp³-hybridized carbons (Fsp3) is 0.0294. The van der Waals surface area contributed by atoms with Crippen molar-refractivity contribution in [3.8, 4) is 28.3 Å². The Hall–Kier alpha value is -5.27. The molecule has 2 N–H and O–H groups in total. The highest BCUT2D eigenvalue weighted by atomic mass is 16.7. The molecule has 0 fully saturated rings. The number of fused-ring (bicyclic) bond motifs is 2. The van der Waals surface area contributed by atoms with Crippen molar-refractivity contribution in [1.82, 2.24) is 9.97 Å². The van der Waals surface area contributed by atoms with Gasteiger partial charge in [0, 0.05) is 23.0 Å². The number of H-pyrrole nitrogens is 2. The van der Waals surface area contributed by atoms with E-state index in [2.05, 4.69) is 22.1 Å². The lowest BCUT2D eigenvalue weighted by molar-refractivity contribution is 0.104. The number of rotatable bonds is 7. The third-order valence-electron chi connectivity index (χ3n) is 7.08. The normalized spacial score (nSPS) is 13.1. The van der Waals surface area contributed by atoms with E-state index in [0.29, 0.717) is 29.5 Å². The number of hydrogen-bond donors (Lipinski definition) is 2. The van der Waals surface area contributed by atoms with Gasteiger partial charge in [0.05, 0.1) is 18.0 Å². The molecule has 41 heavy (non-hydrogen) atoms. The molecule has 6 nitrogen and oxygen atoms in total. The van der Waals surface area contributed by atoms with Gasteiger partial charge in [-0.25, -0.2) is 0 Å². The van der Waals surface area contributed by atoms with Crippen LogP contribution in [0.5, 0.6) is 5.75 Å². The topological polar surface area (TPSA) is 76.3 Å². The smallest absolute Gasteiger partial charge is 0.501 e. The number of carbonyl (C=O) groups is 1. The maximum Gasteiger partial charge on any atom is 0.788 e. The Morgan fingerprint density at radius 2 is 1.29 bits per heavy atom. The van der Waals surface area contributed by atoms with Gasteiger partial charge in [-0.3, -0.25) is 4.79 Å². The van der Waals surface area contributed by atoms with E-state index < -0.39 is 7.32 Å². The summed E-state index contributed by atoms with van der Waals surface area (Å²) in [7, 11) is -1.03. The highest BCUT2D eigenvalue weighted by Crippen LogP contribution is 2.32. The molecule has 0 bridgehead atoms. The molecule has 0 aliphatic carbocycles. The first-order valence-electron chi connectivity index (χ1n) is 13.4. The second kappa shape index (κ2) is 10.7. The zero-order valence-electron chi connectivity index (χ0n) is 22.0. The molecule has 0 unspecified atom stereocenters. The Labute approximate surface area is 237 Å². The van der Waals surface area contributed by atoms with E-state index in [0.717, 1.165) is 38.9 Å². The summed E-state index contributed by atoms with van der Waals surface area (Å²) in [5.41, 5.74) is 5.79. The zero-order valence-corrected chi connectivity index (χ0v) is 22.0. The summed E-state index contributed by atoms with van der Waals surface area (Å²) in [4.78, 5) is 20.1. The Balaban J connectivity index is 1.20. The average Bonchev–Trinajstić information content (AvgIpc) is 3.72. The first-order valence-corrected chi connectivity index (χ1v) is 13.4. The van der Waals surface area contributed by atoms with Crippen molar-refractivity contribution in [2.45, 2.75) is 6.61 Å². The largest absolute Gasteiger partial charge is 0.788 e. The summed E-state index contributed by atoms with van der Waals surface area (Å²) in [5, 5.41) is 2.18. The molecule has 0 amide bonds. The van der Waals surface area contributed by atoms with Crippen LogP contribution in [0.1, 0.15) is 21.7 Å². The quantitative estimate of drug-likeness (QED) is 0.0951. The Bertz CT molecular complexity index is 1880. The third-order valence-corrected chi connectivity index (χ3v) is 7.08. The van der Waals surface area contributed by atoms with Gasteiger partial charge in [0.15, 0.2) is 0 Å². The summed E-state index contributed by atoms with van der Waals surface area (Å²) in [6.07, 6.45) is 1.46. The number of hydrogen-bond acceptors (Lipinski definition) is 4. The van der Waals surface area contributed by atoms with Gasteiger partial charge in [0.1, 0.15) is 11.5 Å². The number of aromatic nitrogens is 2. The zero-order chi connectivity index (χ0) is 27.6. The van der Waals surface area contributed by atoms with Crippen LogP contribution >= 0.6 is 0 Å². The second-order valence-corrected chi connectivity index (χ2v) is 9.82. The fourth-order valence-electron chi connectivity index (χ4n) is 4.97. The van der Waals surface area contributed by atoms with E-state index in [1.54, 1.807) is 6.07 Å². The van der Waals surface area contributed by atoms with Crippen LogP contribution in [0.25, 0.3) is 39.0 Å². The van der Waals surface area contributed by atoms with Gasteiger partial charge < -0.3 is 23.9 Å². The molecule has 0 atom stereocenters. The molecule has 7 rings (SSSR count). The van der Waals surface area contributed by atoms with Crippen LogP contribution in [-0.2, 0) is 15.9 Å². The van der Waals surface area contributed by atoms with Gasteiger partial charge in [0.25, 0.3) is 0 Å². The molecular weight excluding hydrogens is 511 g/mol. The predicted molar refractivity (Wildman–Crippen MR) is 161 cm³/mol. The van der Waals surface area contributed by atoms with Crippen molar-refractivity contribution in [2.75, 3.05) is 0 Å². The molecule has 0 saturated carbocycles. The highest BCUT2D eigenvalue weighted by Gasteiger charge is 2.34. The van der Waals surface area contributed by atoms with Crippen molar-refractivity contribution in [2.24, 2.45) is 0 Å². The highest BCUT2D eigenvalue weighted by molar-refractivity contribution is 6.39. The number of benzene rings is 4. The fourth-order valence-corrected chi connectivity index (χ4v) is 4.97. The molecule has 1 aliphatic rings. The van der Waals surface area contributed by atoms with Crippen molar-refractivity contribution in [3.63, 3.8) is 0 Å². The van der Waals surface area contributed by atoms with Gasteiger partial charge in [-0.05, 0) is 58.3 Å². The van der Waals surface area contributed by atoms with E-state index in [1.807, 2.05) is 103 Å². The molecule has 0 radical (unpaired) electrons. The van der Waals surface area contributed by atoms with Gasteiger partial charge in [-0.1, -0.05) is 84.9 Å². The number of allylic oxidation sites excluding steroid dienone is 1. The molecule has 6 aromatic rings. The van der Waals surface area contributed by atoms with Crippen molar-refractivity contribution >= 4 is 29.6 Å². The predicted octanol–water partition coefficient (Wildman–Crippen LogP) is 7.66. The number of ketones is 1. The van der Waals surface area contributed by atoms with Crippen LogP contribution in [0.3, 0.4) is 0 Å². The molecule has 7 heteroatoms. The van der Waals surface area contributed by atoms with E-state index in [9.17, 15) is 4.79 Å². The molecule has 0 saturated heterocycles. The minimum absolute atomic E-state index is 0.236. The van der Waals surface area contributed by atoms with E-state index >= 15 is 0 Å². The van der Waals surface area contributed by atoms with Crippen molar-refractivity contribution in [3.05, 3.63) is 144 Å². The molecule has 2 aromatic heterocycles. The number of nitrogens with one attached hydrogen (secondary N) is 2. The lowest BCUT2D eigenvalue weighted by Gasteiger charge is -2.24. The monoisotopic (exact) mass is 536 g/mol. The SMILES string of the molecule is O=C(/C=C(\OB1OCc2cc3ccccc3cc2O1)c1ccc(-c2ccccc2)[nH]1)c1ccc(-c2ccccc2)[nH]1. The number of carbonyl (C=O) groups excluding carboxylic acids is 1. The molecule has 198 valence electrons. The first kappa shape index (κ1) is 24.8. The van der Waals surface area contributed by atoms with Crippen LogP contribution in [0.2, 0.25) is 0 Å².